The number of carbonyl (C=O) groups excluding carboxylic acids is 1. The lowest BCUT2D eigenvalue weighted by Gasteiger charge is -2.27. The van der Waals surface area contributed by atoms with Gasteiger partial charge in [0.15, 0.2) is 0 Å². The van der Waals surface area contributed by atoms with Crippen LogP contribution in [0, 0.1) is 0 Å². The van der Waals surface area contributed by atoms with Crippen LogP contribution in [-0.2, 0) is 21.2 Å². The van der Waals surface area contributed by atoms with Gasteiger partial charge in [-0.2, -0.15) is 4.31 Å². The Hall–Kier alpha value is -1.41. The van der Waals surface area contributed by atoms with Gasteiger partial charge in [0.2, 0.25) is 5.91 Å². The summed E-state index contributed by atoms with van der Waals surface area (Å²) in [4.78, 5) is 12.4. The number of aryl methyl sites for hydroxylation is 1. The Bertz CT molecular complexity index is 880. The maximum atomic E-state index is 12.5. The van der Waals surface area contributed by atoms with Crippen molar-refractivity contribution in [3.63, 3.8) is 0 Å². The Kier molecular flexibility index (Phi) is 5.48. The first-order chi connectivity index (χ1) is 11.9. The zero-order chi connectivity index (χ0) is 18.0. The molecule has 0 aliphatic heterocycles. The fraction of sp³-hybridized carbons (Fsp3) is 0.353. The van der Waals surface area contributed by atoms with Crippen molar-refractivity contribution in [2.45, 2.75) is 29.5 Å². The maximum absolute atomic E-state index is 12.5. The van der Waals surface area contributed by atoms with Crippen LogP contribution in [0.2, 0.25) is 4.34 Å². The quantitative estimate of drug-likeness (QED) is 0.840. The summed E-state index contributed by atoms with van der Waals surface area (Å²) in [6.45, 7) is -0.226. The second-order valence-electron chi connectivity index (χ2n) is 6.03. The van der Waals surface area contributed by atoms with E-state index in [0.717, 1.165) is 40.5 Å². The Morgan fingerprint density at radius 2 is 2.08 bits per heavy atom. The number of thiophene rings is 1. The summed E-state index contributed by atoms with van der Waals surface area (Å²) in [6, 6.07) is 11.0. The van der Waals surface area contributed by atoms with Crippen LogP contribution in [0.4, 0.5) is 0 Å². The first-order valence-corrected chi connectivity index (χ1v) is 10.6. The number of likely N-dealkylation sites (N-methyl/N-ethyl adjacent to an activating group) is 1. The molecule has 0 radical (unpaired) electrons. The summed E-state index contributed by atoms with van der Waals surface area (Å²) in [7, 11) is -2.31. The van der Waals surface area contributed by atoms with Gasteiger partial charge in [0.1, 0.15) is 4.21 Å². The molecule has 1 heterocycles. The molecule has 0 fully saturated rings. The highest BCUT2D eigenvalue weighted by atomic mass is 35.5. The van der Waals surface area contributed by atoms with Gasteiger partial charge in [0.05, 0.1) is 16.9 Å². The molecule has 8 heteroatoms. The van der Waals surface area contributed by atoms with Crippen molar-refractivity contribution in [2.75, 3.05) is 13.6 Å². The molecule has 0 spiro atoms. The zero-order valence-corrected chi connectivity index (χ0v) is 16.1. The van der Waals surface area contributed by atoms with E-state index in [9.17, 15) is 13.2 Å². The third-order valence-corrected chi connectivity index (χ3v) is 7.79. The van der Waals surface area contributed by atoms with E-state index in [4.69, 9.17) is 11.6 Å². The number of fused-ring (bicyclic) bond motifs is 1. The molecule has 134 valence electrons. The predicted molar refractivity (Wildman–Crippen MR) is 99.4 cm³/mol. The summed E-state index contributed by atoms with van der Waals surface area (Å²) in [6.07, 6.45) is 2.87. The fourth-order valence-electron chi connectivity index (χ4n) is 3.02. The van der Waals surface area contributed by atoms with E-state index in [2.05, 4.69) is 11.4 Å². The molecule has 0 unspecified atom stereocenters. The van der Waals surface area contributed by atoms with Crippen LogP contribution in [0.15, 0.2) is 40.6 Å². The molecule has 0 saturated heterocycles. The lowest BCUT2D eigenvalue weighted by atomic mass is 9.88. The summed E-state index contributed by atoms with van der Waals surface area (Å²) in [5.74, 6) is -0.310. The lowest BCUT2D eigenvalue weighted by molar-refractivity contribution is -0.122. The highest BCUT2D eigenvalue weighted by Crippen LogP contribution is 2.30. The number of halogens is 1. The van der Waals surface area contributed by atoms with Crippen LogP contribution in [0.3, 0.4) is 0 Å². The van der Waals surface area contributed by atoms with E-state index in [0.29, 0.717) is 4.34 Å². The number of hydrogen-bond acceptors (Lipinski definition) is 4. The topological polar surface area (TPSA) is 66.5 Å². The average molecular weight is 399 g/mol. The number of nitrogens with zero attached hydrogens (tertiary/aromatic N) is 1. The van der Waals surface area contributed by atoms with E-state index in [1.807, 2.05) is 18.2 Å². The van der Waals surface area contributed by atoms with Crippen molar-refractivity contribution >= 4 is 38.9 Å². The smallest absolute Gasteiger partial charge is 0.252 e. The van der Waals surface area contributed by atoms with Crippen molar-refractivity contribution < 1.29 is 13.2 Å². The molecule has 0 saturated carbocycles. The van der Waals surface area contributed by atoms with Crippen LogP contribution >= 0.6 is 22.9 Å². The lowest BCUT2D eigenvalue weighted by Crippen LogP contribution is -2.40. The molecular weight excluding hydrogens is 380 g/mol. The molecule has 1 atom stereocenters. The molecule has 2 aromatic rings. The van der Waals surface area contributed by atoms with E-state index in [1.54, 1.807) is 0 Å². The number of rotatable bonds is 5. The SMILES string of the molecule is CN(CC(=O)N[C@@H]1CCCc2ccccc21)S(=O)(=O)c1ccc(Cl)s1. The highest BCUT2D eigenvalue weighted by molar-refractivity contribution is 7.91. The number of hydrogen-bond donors (Lipinski definition) is 1. The standard InChI is InChI=1S/C17H19ClN2O3S2/c1-20(25(22,23)17-10-9-15(18)24-17)11-16(21)19-14-8-4-6-12-5-2-3-7-13(12)14/h2-3,5,7,9-10,14H,4,6,8,11H2,1H3,(H,19,21)/t14-/m1/s1. The first kappa shape index (κ1) is 18.4. The second-order valence-corrected chi connectivity index (χ2v) is 10.0. The number of amides is 1. The van der Waals surface area contributed by atoms with Crippen LogP contribution in [0.5, 0.6) is 0 Å². The van der Waals surface area contributed by atoms with Gasteiger partial charge in [-0.05, 0) is 42.5 Å². The fourth-order valence-corrected chi connectivity index (χ4v) is 5.84. The molecule has 1 amide bonds. The van der Waals surface area contributed by atoms with Crippen LogP contribution < -0.4 is 5.32 Å². The van der Waals surface area contributed by atoms with Gasteiger partial charge in [0.25, 0.3) is 10.0 Å². The number of benzene rings is 1. The molecular formula is C17H19ClN2O3S2. The molecule has 25 heavy (non-hydrogen) atoms. The molecule has 1 aliphatic carbocycles. The Morgan fingerprint density at radius 3 is 2.80 bits per heavy atom. The highest BCUT2D eigenvalue weighted by Gasteiger charge is 2.27. The van der Waals surface area contributed by atoms with Crippen molar-refractivity contribution in [1.82, 2.24) is 9.62 Å². The predicted octanol–water partition coefficient (Wildman–Crippen LogP) is 3.22. The van der Waals surface area contributed by atoms with E-state index < -0.39 is 10.0 Å². The summed E-state index contributed by atoms with van der Waals surface area (Å²) >= 11 is 6.79. The van der Waals surface area contributed by atoms with E-state index in [1.165, 1.54) is 24.7 Å². The average Bonchev–Trinajstić information content (AvgIpc) is 3.02. The van der Waals surface area contributed by atoms with E-state index >= 15 is 0 Å². The van der Waals surface area contributed by atoms with Gasteiger partial charge in [-0.1, -0.05) is 35.9 Å². The zero-order valence-electron chi connectivity index (χ0n) is 13.7. The number of sulfonamides is 1. The molecule has 1 aliphatic rings. The summed E-state index contributed by atoms with van der Waals surface area (Å²) < 4.78 is 26.5. The normalized spacial score (nSPS) is 17.3. The van der Waals surface area contributed by atoms with Gasteiger partial charge < -0.3 is 5.32 Å². The van der Waals surface area contributed by atoms with Gasteiger partial charge in [-0.25, -0.2) is 8.42 Å². The van der Waals surface area contributed by atoms with Crippen LogP contribution in [-0.4, -0.2) is 32.2 Å². The molecule has 5 nitrogen and oxygen atoms in total. The first-order valence-electron chi connectivity index (χ1n) is 7.97. The third-order valence-electron chi connectivity index (χ3n) is 4.28. The molecule has 0 bridgehead atoms. The number of nitrogens with one attached hydrogen (secondary N) is 1. The third kappa shape index (κ3) is 4.06. The summed E-state index contributed by atoms with van der Waals surface area (Å²) in [5.41, 5.74) is 2.37. The van der Waals surface area contributed by atoms with Crippen molar-refractivity contribution in [1.29, 1.82) is 0 Å². The minimum Gasteiger partial charge on any atom is -0.348 e. The van der Waals surface area contributed by atoms with E-state index in [-0.39, 0.29) is 22.7 Å². The van der Waals surface area contributed by atoms with Crippen LogP contribution in [0.25, 0.3) is 0 Å². The van der Waals surface area contributed by atoms with Gasteiger partial charge in [-0.15, -0.1) is 11.3 Å². The Morgan fingerprint density at radius 1 is 1.32 bits per heavy atom. The molecule has 3 rings (SSSR count). The largest absolute Gasteiger partial charge is 0.348 e. The van der Waals surface area contributed by atoms with Gasteiger partial charge in [-0.3, -0.25) is 4.79 Å². The van der Waals surface area contributed by atoms with Gasteiger partial charge in [0, 0.05) is 7.05 Å². The Balaban J connectivity index is 1.67. The van der Waals surface area contributed by atoms with Gasteiger partial charge >= 0.3 is 0 Å². The minimum atomic E-state index is -3.71. The Labute approximate surface area is 156 Å². The number of carbonyl (C=O) groups is 1. The second kappa shape index (κ2) is 7.45. The van der Waals surface area contributed by atoms with Crippen molar-refractivity contribution in [3.8, 4) is 0 Å². The maximum Gasteiger partial charge on any atom is 0.252 e. The van der Waals surface area contributed by atoms with Crippen molar-refractivity contribution in [3.05, 3.63) is 51.9 Å². The molecule has 1 aromatic heterocycles. The summed E-state index contributed by atoms with van der Waals surface area (Å²) in [5, 5.41) is 2.97. The monoisotopic (exact) mass is 398 g/mol. The molecule has 1 aromatic carbocycles. The van der Waals surface area contributed by atoms with Crippen molar-refractivity contribution in [2.24, 2.45) is 0 Å². The molecule has 1 N–H and O–H groups in total. The minimum absolute atomic E-state index is 0.0651. The van der Waals surface area contributed by atoms with Crippen LogP contribution in [0.1, 0.15) is 30.0 Å².